The number of ether oxygens (including phenoxy) is 1. The van der Waals surface area contributed by atoms with Crippen LogP contribution in [-0.2, 0) is 9.53 Å². The summed E-state index contributed by atoms with van der Waals surface area (Å²) in [4.78, 5) is 14.8. The Morgan fingerprint density at radius 1 is 1.43 bits per heavy atom. The predicted molar refractivity (Wildman–Crippen MR) is 80.2 cm³/mol. The highest BCUT2D eigenvalue weighted by Gasteiger charge is 2.48. The van der Waals surface area contributed by atoms with Gasteiger partial charge in [-0.05, 0) is 32.1 Å². The first-order valence-electron chi connectivity index (χ1n) is 8.03. The summed E-state index contributed by atoms with van der Waals surface area (Å²) in [6, 6.07) is 0. The summed E-state index contributed by atoms with van der Waals surface area (Å²) < 4.78 is 5.79. The van der Waals surface area contributed by atoms with E-state index in [0.29, 0.717) is 19.4 Å². The molecule has 0 aromatic rings. The van der Waals surface area contributed by atoms with Crippen LogP contribution in [0.15, 0.2) is 5.16 Å². The molecule has 6 nitrogen and oxygen atoms in total. The molecule has 1 saturated heterocycles. The Morgan fingerprint density at radius 2 is 2.14 bits per heavy atom. The lowest BCUT2D eigenvalue weighted by atomic mass is 9.82. The molecule has 0 radical (unpaired) electrons. The summed E-state index contributed by atoms with van der Waals surface area (Å²) in [6.07, 6.45) is 6.31. The van der Waals surface area contributed by atoms with E-state index >= 15 is 0 Å². The molecule has 1 unspecified atom stereocenters. The van der Waals surface area contributed by atoms with E-state index in [0.717, 1.165) is 45.3 Å². The molecule has 1 aliphatic carbocycles. The molecule has 120 valence electrons. The number of amides is 1. The Balaban J connectivity index is 2.06. The number of nitrogens with two attached hydrogens (primary N) is 1. The second-order valence-corrected chi connectivity index (χ2v) is 6.16. The van der Waals surface area contributed by atoms with Gasteiger partial charge in [-0.15, -0.1) is 0 Å². The zero-order valence-corrected chi connectivity index (χ0v) is 12.9. The van der Waals surface area contributed by atoms with E-state index < -0.39 is 5.41 Å². The first-order valence-corrected chi connectivity index (χ1v) is 8.03. The van der Waals surface area contributed by atoms with Crippen LogP contribution in [0.1, 0.15) is 51.9 Å². The third-order valence-corrected chi connectivity index (χ3v) is 4.69. The molecule has 2 rings (SSSR count). The van der Waals surface area contributed by atoms with Gasteiger partial charge in [0.05, 0.1) is 6.10 Å². The molecule has 2 fully saturated rings. The highest BCUT2D eigenvalue weighted by Crippen LogP contribution is 2.40. The van der Waals surface area contributed by atoms with Gasteiger partial charge in [-0.2, -0.15) is 0 Å². The SMILES string of the molecule is CCCOC1CCCN(C(=O)C2(C(N)=NO)CCCC2)C1. The number of nitrogens with zero attached hydrogens (tertiary/aromatic N) is 2. The largest absolute Gasteiger partial charge is 0.409 e. The maximum absolute atomic E-state index is 12.9. The van der Waals surface area contributed by atoms with Gasteiger partial charge in [-0.25, -0.2) is 0 Å². The van der Waals surface area contributed by atoms with Crippen molar-refractivity contribution in [2.75, 3.05) is 19.7 Å². The van der Waals surface area contributed by atoms with Crippen LogP contribution in [0.4, 0.5) is 0 Å². The van der Waals surface area contributed by atoms with Crippen molar-refractivity contribution in [3.8, 4) is 0 Å². The summed E-state index contributed by atoms with van der Waals surface area (Å²) in [5.41, 5.74) is 5.07. The molecule has 0 aromatic carbocycles. The monoisotopic (exact) mass is 297 g/mol. The van der Waals surface area contributed by atoms with E-state index in [1.54, 1.807) is 0 Å². The maximum Gasteiger partial charge on any atom is 0.236 e. The van der Waals surface area contributed by atoms with Crippen molar-refractivity contribution in [2.45, 2.75) is 58.0 Å². The zero-order valence-electron chi connectivity index (χ0n) is 12.9. The summed E-state index contributed by atoms with van der Waals surface area (Å²) in [5.74, 6) is 0.0849. The lowest BCUT2D eigenvalue weighted by Gasteiger charge is -2.38. The average molecular weight is 297 g/mol. The standard InChI is InChI=1S/C15H27N3O3/c1-2-10-21-12-6-5-9-18(11-12)14(19)15(13(16)17-20)7-3-4-8-15/h12,20H,2-11H2,1H3,(H2,16,17). The van der Waals surface area contributed by atoms with Crippen LogP contribution in [0.5, 0.6) is 0 Å². The van der Waals surface area contributed by atoms with Crippen LogP contribution in [0.3, 0.4) is 0 Å². The normalized spacial score (nSPS) is 26.0. The maximum atomic E-state index is 12.9. The van der Waals surface area contributed by atoms with Crippen LogP contribution in [-0.4, -0.2) is 47.7 Å². The van der Waals surface area contributed by atoms with E-state index in [-0.39, 0.29) is 17.8 Å². The average Bonchev–Trinajstić information content (AvgIpc) is 3.02. The Bertz CT molecular complexity index is 392. The van der Waals surface area contributed by atoms with E-state index in [2.05, 4.69) is 12.1 Å². The van der Waals surface area contributed by atoms with Crippen LogP contribution >= 0.6 is 0 Å². The third kappa shape index (κ3) is 3.31. The van der Waals surface area contributed by atoms with E-state index in [1.807, 2.05) is 4.90 Å². The summed E-state index contributed by atoms with van der Waals surface area (Å²) in [6.45, 7) is 4.18. The van der Waals surface area contributed by atoms with Crippen LogP contribution in [0.25, 0.3) is 0 Å². The van der Waals surface area contributed by atoms with E-state index in [9.17, 15) is 4.79 Å². The van der Waals surface area contributed by atoms with Gasteiger partial charge in [0.1, 0.15) is 5.41 Å². The van der Waals surface area contributed by atoms with Crippen LogP contribution < -0.4 is 5.73 Å². The van der Waals surface area contributed by atoms with Crippen molar-refractivity contribution in [3.63, 3.8) is 0 Å². The second kappa shape index (κ2) is 7.11. The molecule has 0 bridgehead atoms. The number of oxime groups is 1. The van der Waals surface area contributed by atoms with Gasteiger partial charge in [0.15, 0.2) is 5.84 Å². The van der Waals surface area contributed by atoms with Crippen molar-refractivity contribution in [1.82, 2.24) is 4.90 Å². The van der Waals surface area contributed by atoms with Crippen molar-refractivity contribution in [1.29, 1.82) is 0 Å². The molecule has 1 aliphatic heterocycles. The van der Waals surface area contributed by atoms with Crippen LogP contribution in [0, 0.1) is 5.41 Å². The van der Waals surface area contributed by atoms with E-state index in [1.165, 1.54) is 0 Å². The summed E-state index contributed by atoms with van der Waals surface area (Å²) in [5, 5.41) is 12.2. The predicted octanol–water partition coefficient (Wildman–Crippen LogP) is 1.71. The molecule has 1 heterocycles. The van der Waals surface area contributed by atoms with Crippen molar-refractivity contribution in [3.05, 3.63) is 0 Å². The highest BCUT2D eigenvalue weighted by molar-refractivity contribution is 6.07. The molecule has 1 atom stereocenters. The Hall–Kier alpha value is -1.30. The third-order valence-electron chi connectivity index (χ3n) is 4.69. The van der Waals surface area contributed by atoms with Gasteiger partial charge in [0.2, 0.25) is 5.91 Å². The Labute approximate surface area is 126 Å². The molecule has 1 amide bonds. The van der Waals surface area contributed by atoms with E-state index in [4.69, 9.17) is 15.7 Å². The lowest BCUT2D eigenvalue weighted by molar-refractivity contribution is -0.142. The van der Waals surface area contributed by atoms with Gasteiger partial charge in [-0.1, -0.05) is 24.9 Å². The first-order chi connectivity index (χ1) is 10.1. The number of hydrogen-bond acceptors (Lipinski definition) is 4. The number of likely N-dealkylation sites (tertiary alicyclic amines) is 1. The molecule has 6 heteroatoms. The number of piperidine rings is 1. The zero-order chi connectivity index (χ0) is 15.3. The molecule has 0 aromatic heterocycles. The first kappa shape index (κ1) is 16.1. The van der Waals surface area contributed by atoms with Gasteiger partial charge in [0.25, 0.3) is 0 Å². The second-order valence-electron chi connectivity index (χ2n) is 6.16. The molecular weight excluding hydrogens is 270 g/mol. The van der Waals surface area contributed by atoms with Gasteiger partial charge < -0.3 is 20.6 Å². The number of carbonyl (C=O) groups excluding carboxylic acids is 1. The van der Waals surface area contributed by atoms with Gasteiger partial charge >= 0.3 is 0 Å². The number of rotatable bonds is 5. The molecular formula is C15H27N3O3. The minimum absolute atomic E-state index is 0.0140. The van der Waals surface area contributed by atoms with Crippen molar-refractivity contribution >= 4 is 11.7 Å². The van der Waals surface area contributed by atoms with Crippen molar-refractivity contribution in [2.24, 2.45) is 16.3 Å². The summed E-state index contributed by atoms with van der Waals surface area (Å²) >= 11 is 0. The quantitative estimate of drug-likeness (QED) is 0.350. The Morgan fingerprint density at radius 3 is 2.76 bits per heavy atom. The van der Waals surface area contributed by atoms with Gasteiger partial charge in [0, 0.05) is 19.7 Å². The minimum atomic E-state index is -0.790. The fourth-order valence-corrected chi connectivity index (χ4v) is 3.50. The minimum Gasteiger partial charge on any atom is -0.409 e. The number of hydrogen-bond donors (Lipinski definition) is 2. The lowest BCUT2D eigenvalue weighted by Crippen LogP contribution is -2.53. The smallest absolute Gasteiger partial charge is 0.236 e. The fourth-order valence-electron chi connectivity index (χ4n) is 3.50. The summed E-state index contributed by atoms with van der Waals surface area (Å²) in [7, 11) is 0. The fraction of sp³-hybridized carbons (Fsp3) is 0.867. The van der Waals surface area contributed by atoms with Gasteiger partial charge in [-0.3, -0.25) is 4.79 Å². The number of amidine groups is 1. The molecule has 21 heavy (non-hydrogen) atoms. The molecule has 1 saturated carbocycles. The molecule has 3 N–H and O–H groups in total. The van der Waals surface area contributed by atoms with Crippen LogP contribution in [0.2, 0.25) is 0 Å². The number of carbonyl (C=O) groups is 1. The molecule has 2 aliphatic rings. The molecule has 0 spiro atoms. The highest BCUT2D eigenvalue weighted by atomic mass is 16.5. The van der Waals surface area contributed by atoms with Crippen molar-refractivity contribution < 1.29 is 14.7 Å². The topological polar surface area (TPSA) is 88.2 Å². The Kier molecular flexibility index (Phi) is 5.45.